The van der Waals surface area contributed by atoms with Gasteiger partial charge in [-0.05, 0) is 57.0 Å². The average Bonchev–Trinajstić information content (AvgIpc) is 2.93. The van der Waals surface area contributed by atoms with E-state index in [1.54, 1.807) is 13.0 Å². The van der Waals surface area contributed by atoms with Crippen LogP contribution in [0.4, 0.5) is 4.39 Å². The zero-order chi connectivity index (χ0) is 14.5. The van der Waals surface area contributed by atoms with Crippen molar-refractivity contribution in [1.82, 2.24) is 4.90 Å². The Morgan fingerprint density at radius 1 is 1.40 bits per heavy atom. The van der Waals surface area contributed by atoms with E-state index >= 15 is 0 Å². The number of halogens is 1. The molecule has 2 rings (SSSR count). The van der Waals surface area contributed by atoms with Crippen LogP contribution in [0.25, 0.3) is 0 Å². The van der Waals surface area contributed by atoms with E-state index in [0.29, 0.717) is 18.6 Å². The van der Waals surface area contributed by atoms with E-state index in [9.17, 15) is 9.18 Å². The molecule has 1 aliphatic heterocycles. The molecule has 1 atom stereocenters. The summed E-state index contributed by atoms with van der Waals surface area (Å²) in [6.07, 6.45) is 2.64. The lowest BCUT2D eigenvalue weighted by Crippen LogP contribution is -2.28. The molecular weight excluding hydrogens is 257 g/mol. The molecule has 0 radical (unpaired) electrons. The molecule has 0 amide bonds. The van der Waals surface area contributed by atoms with Crippen LogP contribution in [0.15, 0.2) is 18.2 Å². The summed E-state index contributed by atoms with van der Waals surface area (Å²) in [4.78, 5) is 14.1. The molecule has 3 nitrogen and oxygen atoms in total. The fraction of sp³-hybridized carbons (Fsp3) is 0.562. The number of esters is 1. The zero-order valence-corrected chi connectivity index (χ0v) is 12.2. The highest BCUT2D eigenvalue weighted by atomic mass is 19.1. The van der Waals surface area contributed by atoms with E-state index < -0.39 is 0 Å². The molecule has 0 spiro atoms. The van der Waals surface area contributed by atoms with Gasteiger partial charge in [0.15, 0.2) is 0 Å². The van der Waals surface area contributed by atoms with Gasteiger partial charge < -0.3 is 4.74 Å². The average molecular weight is 279 g/mol. The minimum atomic E-state index is -0.204. The summed E-state index contributed by atoms with van der Waals surface area (Å²) in [5, 5.41) is 0. The van der Waals surface area contributed by atoms with E-state index in [2.05, 4.69) is 4.90 Å². The highest BCUT2D eigenvalue weighted by Gasteiger charge is 2.26. The van der Waals surface area contributed by atoms with Crippen molar-refractivity contribution in [2.24, 2.45) is 0 Å². The van der Waals surface area contributed by atoms with Crippen LogP contribution in [0, 0.1) is 12.7 Å². The maximum atomic E-state index is 13.4. The largest absolute Gasteiger partial charge is 0.466 e. The molecule has 0 bridgehead atoms. The van der Waals surface area contributed by atoms with Gasteiger partial charge in [0, 0.05) is 6.04 Å². The first-order valence-corrected chi connectivity index (χ1v) is 7.27. The molecule has 0 saturated carbocycles. The molecule has 0 aromatic heterocycles. The van der Waals surface area contributed by atoms with Gasteiger partial charge in [-0.3, -0.25) is 9.69 Å². The number of aryl methyl sites for hydroxylation is 1. The van der Waals surface area contributed by atoms with Gasteiger partial charge in [0.1, 0.15) is 5.82 Å². The second kappa shape index (κ2) is 6.84. The lowest BCUT2D eigenvalue weighted by Gasteiger charge is -2.27. The maximum absolute atomic E-state index is 13.4. The van der Waals surface area contributed by atoms with E-state index in [4.69, 9.17) is 4.74 Å². The second-order valence-corrected chi connectivity index (χ2v) is 5.28. The van der Waals surface area contributed by atoms with Gasteiger partial charge in [-0.1, -0.05) is 12.1 Å². The number of hydrogen-bond acceptors (Lipinski definition) is 3. The molecule has 1 aliphatic rings. The fourth-order valence-corrected chi connectivity index (χ4v) is 2.76. The van der Waals surface area contributed by atoms with Crippen molar-refractivity contribution < 1.29 is 13.9 Å². The van der Waals surface area contributed by atoms with E-state index in [-0.39, 0.29) is 17.8 Å². The second-order valence-electron chi connectivity index (χ2n) is 5.28. The summed E-state index contributed by atoms with van der Waals surface area (Å²) in [5.41, 5.74) is 1.62. The van der Waals surface area contributed by atoms with Crippen LogP contribution in [0.1, 0.15) is 43.4 Å². The molecule has 1 heterocycles. The van der Waals surface area contributed by atoms with Crippen molar-refractivity contribution in [3.8, 4) is 0 Å². The minimum absolute atomic E-state index is 0.00384. The molecule has 0 N–H and O–H groups in total. The Kier molecular flexibility index (Phi) is 5.12. The van der Waals surface area contributed by atoms with Gasteiger partial charge in [-0.2, -0.15) is 0 Å². The normalized spacial score (nSPS) is 17.1. The smallest absolute Gasteiger partial charge is 0.307 e. The van der Waals surface area contributed by atoms with E-state index in [1.807, 2.05) is 13.0 Å². The first-order chi connectivity index (χ1) is 9.61. The summed E-state index contributed by atoms with van der Waals surface area (Å²) in [6, 6.07) is 5.11. The summed E-state index contributed by atoms with van der Waals surface area (Å²) in [7, 11) is 0. The molecule has 1 aromatic rings. The summed E-state index contributed by atoms with van der Waals surface area (Å²) in [5.74, 6) is -0.392. The Morgan fingerprint density at radius 3 is 2.70 bits per heavy atom. The van der Waals surface area contributed by atoms with Crippen LogP contribution >= 0.6 is 0 Å². The Balaban J connectivity index is 2.20. The first kappa shape index (κ1) is 15.0. The van der Waals surface area contributed by atoms with Crippen LogP contribution in [0.2, 0.25) is 0 Å². The highest BCUT2D eigenvalue weighted by molar-refractivity contribution is 5.70. The van der Waals surface area contributed by atoms with E-state index in [0.717, 1.165) is 31.5 Å². The lowest BCUT2D eigenvalue weighted by atomic mass is 10.00. The molecular formula is C16H22FNO2. The van der Waals surface area contributed by atoms with Crippen LogP contribution in [0.5, 0.6) is 0 Å². The van der Waals surface area contributed by atoms with Gasteiger partial charge in [0.25, 0.3) is 0 Å². The number of carbonyl (C=O) groups excluding carboxylic acids is 1. The highest BCUT2D eigenvalue weighted by Crippen LogP contribution is 2.29. The van der Waals surface area contributed by atoms with Crippen molar-refractivity contribution in [2.75, 3.05) is 19.7 Å². The van der Waals surface area contributed by atoms with Gasteiger partial charge in [-0.15, -0.1) is 0 Å². The van der Waals surface area contributed by atoms with Crippen molar-refractivity contribution >= 4 is 5.97 Å². The quantitative estimate of drug-likeness (QED) is 0.775. The number of ether oxygens (including phenoxy) is 1. The van der Waals surface area contributed by atoms with Crippen molar-refractivity contribution in [3.63, 3.8) is 0 Å². The summed E-state index contributed by atoms with van der Waals surface area (Å²) in [6.45, 7) is 5.93. The van der Waals surface area contributed by atoms with Gasteiger partial charge in [-0.25, -0.2) is 4.39 Å². The molecule has 1 unspecified atom stereocenters. The molecule has 110 valence electrons. The SMILES string of the molecule is CCOC(=O)CC(c1ccc(F)c(C)c1)N1CCCC1. The number of nitrogens with zero attached hydrogens (tertiary/aromatic N) is 1. The minimum Gasteiger partial charge on any atom is -0.466 e. The van der Waals surface area contributed by atoms with Crippen molar-refractivity contribution in [3.05, 3.63) is 35.1 Å². The number of carbonyl (C=O) groups is 1. The molecule has 20 heavy (non-hydrogen) atoms. The van der Waals surface area contributed by atoms with Crippen LogP contribution < -0.4 is 0 Å². The summed E-state index contributed by atoms with van der Waals surface area (Å²) < 4.78 is 18.5. The first-order valence-electron chi connectivity index (χ1n) is 7.27. The third-order valence-electron chi connectivity index (χ3n) is 3.81. The monoisotopic (exact) mass is 279 g/mol. The molecule has 1 saturated heterocycles. The standard InChI is InChI=1S/C16H22FNO2/c1-3-20-16(19)11-15(18-8-4-5-9-18)13-6-7-14(17)12(2)10-13/h6-7,10,15H,3-5,8-9,11H2,1-2H3. The Labute approximate surface area is 119 Å². The van der Waals surface area contributed by atoms with Crippen LogP contribution in [-0.4, -0.2) is 30.6 Å². The van der Waals surface area contributed by atoms with Crippen molar-refractivity contribution in [1.29, 1.82) is 0 Å². The number of rotatable bonds is 5. The third kappa shape index (κ3) is 3.57. The fourth-order valence-electron chi connectivity index (χ4n) is 2.76. The maximum Gasteiger partial charge on any atom is 0.307 e. The molecule has 0 aliphatic carbocycles. The Hall–Kier alpha value is -1.42. The van der Waals surface area contributed by atoms with Crippen LogP contribution in [0.3, 0.4) is 0 Å². The van der Waals surface area contributed by atoms with Gasteiger partial charge in [0.2, 0.25) is 0 Å². The molecule has 4 heteroatoms. The van der Waals surface area contributed by atoms with Crippen molar-refractivity contribution in [2.45, 2.75) is 39.2 Å². The molecule has 1 fully saturated rings. The van der Waals surface area contributed by atoms with Crippen LogP contribution in [-0.2, 0) is 9.53 Å². The molecule has 1 aromatic carbocycles. The topological polar surface area (TPSA) is 29.5 Å². The Morgan fingerprint density at radius 2 is 2.10 bits per heavy atom. The predicted octanol–water partition coefficient (Wildman–Crippen LogP) is 3.22. The number of likely N-dealkylation sites (tertiary alicyclic amines) is 1. The lowest BCUT2D eigenvalue weighted by molar-refractivity contribution is -0.144. The zero-order valence-electron chi connectivity index (χ0n) is 12.2. The summed E-state index contributed by atoms with van der Waals surface area (Å²) >= 11 is 0. The third-order valence-corrected chi connectivity index (χ3v) is 3.81. The number of hydrogen-bond donors (Lipinski definition) is 0. The Bertz CT molecular complexity index is 470. The van der Waals surface area contributed by atoms with Gasteiger partial charge in [0.05, 0.1) is 13.0 Å². The number of benzene rings is 1. The van der Waals surface area contributed by atoms with Gasteiger partial charge >= 0.3 is 5.97 Å². The van der Waals surface area contributed by atoms with E-state index in [1.165, 1.54) is 6.07 Å². The predicted molar refractivity (Wildman–Crippen MR) is 75.9 cm³/mol.